The molecule has 1 aromatic rings. The van der Waals surface area contributed by atoms with Gasteiger partial charge in [-0.05, 0) is 55.2 Å². The SMILES string of the molecule is CCOC(=O)C1(c2ccsc2)CCCC1N(CC)CC. The van der Waals surface area contributed by atoms with Crippen LogP contribution in [0.15, 0.2) is 16.8 Å². The van der Waals surface area contributed by atoms with E-state index in [2.05, 4.69) is 35.6 Å². The third-order valence-corrected chi connectivity index (χ3v) is 5.23. The Balaban J connectivity index is 2.42. The summed E-state index contributed by atoms with van der Waals surface area (Å²) in [5.41, 5.74) is 0.692. The monoisotopic (exact) mass is 295 g/mol. The van der Waals surface area contributed by atoms with Crippen molar-refractivity contribution in [1.82, 2.24) is 4.90 Å². The van der Waals surface area contributed by atoms with E-state index >= 15 is 0 Å². The molecule has 1 fully saturated rings. The van der Waals surface area contributed by atoms with Crippen LogP contribution in [0.1, 0.15) is 45.6 Å². The summed E-state index contributed by atoms with van der Waals surface area (Å²) in [6.07, 6.45) is 3.08. The highest BCUT2D eigenvalue weighted by Gasteiger charge is 2.53. The molecule has 20 heavy (non-hydrogen) atoms. The minimum atomic E-state index is -0.456. The van der Waals surface area contributed by atoms with Crippen LogP contribution in [0.3, 0.4) is 0 Å². The highest BCUT2D eigenvalue weighted by molar-refractivity contribution is 7.08. The fraction of sp³-hybridized carbons (Fsp3) is 0.688. The predicted molar refractivity (Wildman–Crippen MR) is 83.2 cm³/mol. The summed E-state index contributed by atoms with van der Waals surface area (Å²) in [6.45, 7) is 8.64. The number of nitrogens with zero attached hydrogens (tertiary/aromatic N) is 1. The molecule has 0 N–H and O–H groups in total. The van der Waals surface area contributed by atoms with Gasteiger partial charge in [0, 0.05) is 6.04 Å². The van der Waals surface area contributed by atoms with Crippen molar-refractivity contribution in [2.24, 2.45) is 0 Å². The van der Waals surface area contributed by atoms with Crippen LogP contribution in [-0.2, 0) is 14.9 Å². The van der Waals surface area contributed by atoms with Gasteiger partial charge in [-0.2, -0.15) is 11.3 Å². The van der Waals surface area contributed by atoms with Crippen LogP contribution in [0.25, 0.3) is 0 Å². The number of thiophene rings is 1. The molecule has 2 rings (SSSR count). The maximum absolute atomic E-state index is 12.8. The third kappa shape index (κ3) is 2.51. The molecule has 1 aliphatic rings. The van der Waals surface area contributed by atoms with Crippen LogP contribution in [-0.4, -0.2) is 36.6 Å². The first-order chi connectivity index (χ1) is 9.70. The normalized spacial score (nSPS) is 26.1. The summed E-state index contributed by atoms with van der Waals surface area (Å²) < 4.78 is 5.46. The number of esters is 1. The molecule has 0 aliphatic heterocycles. The fourth-order valence-corrected chi connectivity index (χ4v) is 4.36. The number of carbonyl (C=O) groups excluding carboxylic acids is 1. The standard InChI is InChI=1S/C16H25NO2S/c1-4-17(5-2)14-8-7-10-16(14,15(18)19-6-3)13-9-11-20-12-13/h9,11-12,14H,4-8,10H2,1-3H3. The van der Waals surface area contributed by atoms with Crippen molar-refractivity contribution in [3.63, 3.8) is 0 Å². The highest BCUT2D eigenvalue weighted by atomic mass is 32.1. The van der Waals surface area contributed by atoms with Crippen molar-refractivity contribution < 1.29 is 9.53 Å². The van der Waals surface area contributed by atoms with Crippen LogP contribution in [0.4, 0.5) is 0 Å². The zero-order chi connectivity index (χ0) is 14.6. The van der Waals surface area contributed by atoms with Crippen LogP contribution in [0, 0.1) is 0 Å². The first-order valence-electron chi connectivity index (χ1n) is 7.64. The Bertz CT molecular complexity index is 428. The minimum absolute atomic E-state index is 0.0344. The lowest BCUT2D eigenvalue weighted by atomic mass is 9.76. The first-order valence-corrected chi connectivity index (χ1v) is 8.58. The zero-order valence-electron chi connectivity index (χ0n) is 12.7. The van der Waals surface area contributed by atoms with E-state index in [-0.39, 0.29) is 12.0 Å². The number of rotatable bonds is 6. The smallest absolute Gasteiger partial charge is 0.318 e. The summed E-state index contributed by atoms with van der Waals surface area (Å²) in [4.78, 5) is 15.2. The summed E-state index contributed by atoms with van der Waals surface area (Å²) in [5, 5.41) is 4.19. The Morgan fingerprint density at radius 3 is 2.75 bits per heavy atom. The van der Waals surface area contributed by atoms with E-state index < -0.39 is 5.41 Å². The predicted octanol–water partition coefficient (Wildman–Crippen LogP) is 3.44. The molecule has 1 aromatic heterocycles. The fourth-order valence-electron chi connectivity index (χ4n) is 3.62. The van der Waals surface area contributed by atoms with Crippen molar-refractivity contribution >= 4 is 17.3 Å². The Morgan fingerprint density at radius 1 is 1.45 bits per heavy atom. The minimum Gasteiger partial charge on any atom is -0.465 e. The molecular weight excluding hydrogens is 270 g/mol. The van der Waals surface area contributed by atoms with E-state index in [1.54, 1.807) is 11.3 Å². The third-order valence-electron chi connectivity index (χ3n) is 4.55. The van der Waals surface area contributed by atoms with Crippen molar-refractivity contribution in [3.05, 3.63) is 22.4 Å². The molecule has 112 valence electrons. The molecule has 3 nitrogen and oxygen atoms in total. The molecule has 2 unspecified atom stereocenters. The molecule has 4 heteroatoms. The van der Waals surface area contributed by atoms with E-state index in [9.17, 15) is 4.79 Å². The van der Waals surface area contributed by atoms with Gasteiger partial charge in [0.15, 0.2) is 0 Å². The second-order valence-electron chi connectivity index (χ2n) is 5.33. The van der Waals surface area contributed by atoms with Gasteiger partial charge in [0.2, 0.25) is 0 Å². The lowest BCUT2D eigenvalue weighted by Gasteiger charge is -2.39. The Kier molecular flexibility index (Phi) is 5.22. The van der Waals surface area contributed by atoms with Gasteiger partial charge in [-0.15, -0.1) is 0 Å². The number of carbonyl (C=O) groups is 1. The summed E-state index contributed by atoms with van der Waals surface area (Å²) >= 11 is 1.66. The lowest BCUT2D eigenvalue weighted by molar-refractivity contribution is -0.152. The Morgan fingerprint density at radius 2 is 2.20 bits per heavy atom. The molecule has 1 heterocycles. The van der Waals surface area contributed by atoms with E-state index in [1.807, 2.05) is 6.92 Å². The molecule has 0 radical (unpaired) electrons. The average Bonchev–Trinajstić information content (AvgIpc) is 3.10. The van der Waals surface area contributed by atoms with Crippen molar-refractivity contribution in [2.45, 2.75) is 51.5 Å². The van der Waals surface area contributed by atoms with Crippen molar-refractivity contribution in [2.75, 3.05) is 19.7 Å². The van der Waals surface area contributed by atoms with Crippen LogP contribution < -0.4 is 0 Å². The molecule has 0 aromatic carbocycles. The number of hydrogen-bond acceptors (Lipinski definition) is 4. The summed E-state index contributed by atoms with van der Waals surface area (Å²) in [6, 6.07) is 2.37. The topological polar surface area (TPSA) is 29.5 Å². The van der Waals surface area contributed by atoms with E-state index in [0.29, 0.717) is 6.61 Å². The van der Waals surface area contributed by atoms with Crippen molar-refractivity contribution in [3.8, 4) is 0 Å². The highest BCUT2D eigenvalue weighted by Crippen LogP contribution is 2.45. The van der Waals surface area contributed by atoms with Gasteiger partial charge in [-0.1, -0.05) is 20.3 Å². The molecular formula is C16H25NO2S. The molecule has 0 bridgehead atoms. The van der Waals surface area contributed by atoms with E-state index in [4.69, 9.17) is 4.74 Å². The average molecular weight is 295 g/mol. The van der Waals surface area contributed by atoms with E-state index in [1.165, 1.54) is 0 Å². The summed E-state index contributed by atoms with van der Waals surface area (Å²) in [5.74, 6) is -0.0344. The van der Waals surface area contributed by atoms with Gasteiger partial charge in [0.25, 0.3) is 0 Å². The number of hydrogen-bond donors (Lipinski definition) is 0. The first kappa shape index (κ1) is 15.5. The van der Waals surface area contributed by atoms with Crippen LogP contribution in [0.5, 0.6) is 0 Å². The van der Waals surface area contributed by atoms with Gasteiger partial charge in [0.05, 0.1) is 6.61 Å². The number of likely N-dealkylation sites (N-methyl/N-ethyl adjacent to an activating group) is 1. The lowest BCUT2D eigenvalue weighted by Crippen LogP contribution is -2.52. The summed E-state index contributed by atoms with van der Waals surface area (Å²) in [7, 11) is 0. The van der Waals surface area contributed by atoms with Gasteiger partial charge in [0.1, 0.15) is 5.41 Å². The quantitative estimate of drug-likeness (QED) is 0.753. The Hall–Kier alpha value is -0.870. The molecule has 1 saturated carbocycles. The molecule has 0 amide bonds. The van der Waals surface area contributed by atoms with Gasteiger partial charge < -0.3 is 4.74 Å². The Labute approximate surface area is 125 Å². The largest absolute Gasteiger partial charge is 0.465 e. The van der Waals surface area contributed by atoms with Crippen LogP contribution >= 0.6 is 11.3 Å². The van der Waals surface area contributed by atoms with E-state index in [0.717, 1.165) is 37.9 Å². The molecule has 2 atom stereocenters. The maximum Gasteiger partial charge on any atom is 0.318 e. The van der Waals surface area contributed by atoms with Gasteiger partial charge >= 0.3 is 5.97 Å². The molecule has 0 saturated heterocycles. The van der Waals surface area contributed by atoms with Crippen LogP contribution in [0.2, 0.25) is 0 Å². The molecule has 0 spiro atoms. The van der Waals surface area contributed by atoms with Gasteiger partial charge in [-0.3, -0.25) is 9.69 Å². The second-order valence-corrected chi connectivity index (χ2v) is 6.11. The molecule has 1 aliphatic carbocycles. The van der Waals surface area contributed by atoms with Crippen molar-refractivity contribution in [1.29, 1.82) is 0 Å². The van der Waals surface area contributed by atoms with Gasteiger partial charge in [-0.25, -0.2) is 0 Å². The second kappa shape index (κ2) is 6.72. The maximum atomic E-state index is 12.8. The number of ether oxygens (including phenoxy) is 1. The zero-order valence-corrected chi connectivity index (χ0v) is 13.5.